The third-order valence-corrected chi connectivity index (χ3v) is 4.69. The van der Waals surface area contributed by atoms with E-state index >= 15 is 0 Å². The van der Waals surface area contributed by atoms with Crippen molar-refractivity contribution in [2.75, 3.05) is 0 Å². The van der Waals surface area contributed by atoms with E-state index in [1.807, 2.05) is 0 Å². The highest BCUT2D eigenvalue weighted by Crippen LogP contribution is 2.43. The van der Waals surface area contributed by atoms with Crippen LogP contribution in [0.15, 0.2) is 28.7 Å². The van der Waals surface area contributed by atoms with E-state index in [9.17, 15) is 0 Å². The smallest absolute Gasteiger partial charge is 0.0656 e. The van der Waals surface area contributed by atoms with E-state index in [-0.39, 0.29) is 5.92 Å². The molecule has 2 heteroatoms. The molecule has 0 amide bonds. The average Bonchev–Trinajstić information content (AvgIpc) is 2.38. The van der Waals surface area contributed by atoms with Crippen molar-refractivity contribution in [3.05, 3.63) is 34.3 Å². The SMILES string of the molecule is CC(C#N)C1CCCCC1c1ccccc1Br. The Labute approximate surface area is 112 Å². The molecular formula is C15H18BrN. The van der Waals surface area contributed by atoms with E-state index in [2.05, 4.69) is 53.2 Å². The molecule has 0 radical (unpaired) electrons. The second-order valence-corrected chi connectivity index (χ2v) is 5.85. The Balaban J connectivity index is 2.29. The lowest BCUT2D eigenvalue weighted by molar-refractivity contribution is 0.259. The van der Waals surface area contributed by atoms with E-state index < -0.39 is 0 Å². The monoisotopic (exact) mass is 291 g/mol. The van der Waals surface area contributed by atoms with E-state index in [1.54, 1.807) is 0 Å². The summed E-state index contributed by atoms with van der Waals surface area (Å²) in [6, 6.07) is 10.9. The van der Waals surface area contributed by atoms with Crippen LogP contribution in [0.4, 0.5) is 0 Å². The van der Waals surface area contributed by atoms with E-state index in [4.69, 9.17) is 5.26 Å². The fourth-order valence-electron chi connectivity index (χ4n) is 3.02. The summed E-state index contributed by atoms with van der Waals surface area (Å²) in [5.41, 5.74) is 1.39. The molecule has 1 fully saturated rings. The first-order chi connectivity index (χ1) is 8.24. The Morgan fingerprint density at radius 3 is 2.71 bits per heavy atom. The van der Waals surface area contributed by atoms with Crippen molar-refractivity contribution in [3.63, 3.8) is 0 Å². The molecule has 3 unspecified atom stereocenters. The first-order valence-electron chi connectivity index (χ1n) is 6.38. The van der Waals surface area contributed by atoms with Gasteiger partial charge in [0.05, 0.1) is 6.07 Å². The third-order valence-electron chi connectivity index (χ3n) is 3.97. The van der Waals surface area contributed by atoms with Crippen molar-refractivity contribution in [1.29, 1.82) is 5.26 Å². The predicted molar refractivity (Wildman–Crippen MR) is 73.6 cm³/mol. The second-order valence-electron chi connectivity index (χ2n) is 4.99. The van der Waals surface area contributed by atoms with Gasteiger partial charge in [-0.15, -0.1) is 0 Å². The lowest BCUT2D eigenvalue weighted by atomic mass is 9.70. The minimum Gasteiger partial charge on any atom is -0.198 e. The summed E-state index contributed by atoms with van der Waals surface area (Å²) < 4.78 is 1.20. The van der Waals surface area contributed by atoms with Crippen molar-refractivity contribution < 1.29 is 0 Å². The minimum atomic E-state index is 0.160. The minimum absolute atomic E-state index is 0.160. The van der Waals surface area contributed by atoms with Crippen molar-refractivity contribution >= 4 is 15.9 Å². The van der Waals surface area contributed by atoms with Crippen LogP contribution in [0.5, 0.6) is 0 Å². The van der Waals surface area contributed by atoms with Crippen LogP contribution in [0.3, 0.4) is 0 Å². The topological polar surface area (TPSA) is 23.8 Å². The first-order valence-corrected chi connectivity index (χ1v) is 7.17. The summed E-state index contributed by atoms with van der Waals surface area (Å²) in [4.78, 5) is 0. The number of benzene rings is 1. The van der Waals surface area contributed by atoms with Crippen molar-refractivity contribution in [2.24, 2.45) is 11.8 Å². The number of halogens is 1. The van der Waals surface area contributed by atoms with Gasteiger partial charge in [0.25, 0.3) is 0 Å². The quantitative estimate of drug-likeness (QED) is 0.762. The van der Waals surface area contributed by atoms with E-state index in [0.29, 0.717) is 11.8 Å². The van der Waals surface area contributed by atoms with Crippen LogP contribution in [0.25, 0.3) is 0 Å². The third kappa shape index (κ3) is 2.72. The van der Waals surface area contributed by atoms with Crippen LogP contribution in [-0.2, 0) is 0 Å². The molecule has 0 aliphatic heterocycles. The molecule has 0 spiro atoms. The summed E-state index contributed by atoms with van der Waals surface area (Å²) in [7, 11) is 0. The van der Waals surface area contributed by atoms with Gasteiger partial charge in [-0.3, -0.25) is 0 Å². The molecule has 90 valence electrons. The molecule has 17 heavy (non-hydrogen) atoms. The second kappa shape index (κ2) is 5.69. The maximum absolute atomic E-state index is 9.16. The molecule has 0 aromatic heterocycles. The molecule has 0 saturated heterocycles. The van der Waals surface area contributed by atoms with Gasteiger partial charge >= 0.3 is 0 Å². The van der Waals surface area contributed by atoms with E-state index in [1.165, 1.54) is 35.7 Å². The molecular weight excluding hydrogens is 274 g/mol. The average molecular weight is 292 g/mol. The van der Waals surface area contributed by atoms with Gasteiger partial charge in [0, 0.05) is 10.4 Å². The molecule has 1 aromatic carbocycles. The van der Waals surface area contributed by atoms with Gasteiger partial charge in [0.2, 0.25) is 0 Å². The highest BCUT2D eigenvalue weighted by Gasteiger charge is 2.31. The zero-order valence-corrected chi connectivity index (χ0v) is 11.8. The zero-order valence-electron chi connectivity index (χ0n) is 10.2. The molecule has 0 N–H and O–H groups in total. The van der Waals surface area contributed by atoms with Gasteiger partial charge in [-0.25, -0.2) is 0 Å². The molecule has 0 heterocycles. The lowest BCUT2D eigenvalue weighted by Crippen LogP contribution is -2.23. The number of nitrogens with zero attached hydrogens (tertiary/aromatic N) is 1. The summed E-state index contributed by atoms with van der Waals surface area (Å²) in [5.74, 6) is 1.23. The van der Waals surface area contributed by atoms with Crippen LogP contribution in [0.2, 0.25) is 0 Å². The lowest BCUT2D eigenvalue weighted by Gasteiger charge is -2.34. The maximum atomic E-state index is 9.16. The normalized spacial score (nSPS) is 26.2. The van der Waals surface area contributed by atoms with Gasteiger partial charge in [0.1, 0.15) is 0 Å². The highest BCUT2D eigenvalue weighted by atomic mass is 79.9. The fraction of sp³-hybridized carbons (Fsp3) is 0.533. The summed E-state index contributed by atoms with van der Waals surface area (Å²) in [6.45, 7) is 2.07. The molecule has 1 aliphatic rings. The Morgan fingerprint density at radius 1 is 1.29 bits per heavy atom. The maximum Gasteiger partial charge on any atom is 0.0656 e. The van der Waals surface area contributed by atoms with Crippen LogP contribution < -0.4 is 0 Å². The first kappa shape index (κ1) is 12.6. The summed E-state index contributed by atoms with van der Waals surface area (Å²) in [6.07, 6.45) is 4.98. The molecule has 0 bridgehead atoms. The molecule has 3 atom stereocenters. The molecule has 1 saturated carbocycles. The van der Waals surface area contributed by atoms with Crippen molar-refractivity contribution in [1.82, 2.24) is 0 Å². The number of nitriles is 1. The number of rotatable bonds is 2. The van der Waals surface area contributed by atoms with Crippen LogP contribution in [0.1, 0.15) is 44.1 Å². The number of hydrogen-bond donors (Lipinski definition) is 0. The molecule has 1 aromatic rings. The van der Waals surface area contributed by atoms with Gasteiger partial charge in [-0.2, -0.15) is 5.26 Å². The van der Waals surface area contributed by atoms with Crippen molar-refractivity contribution in [3.8, 4) is 6.07 Å². The summed E-state index contributed by atoms with van der Waals surface area (Å²) in [5, 5.41) is 9.16. The van der Waals surface area contributed by atoms with Crippen LogP contribution in [-0.4, -0.2) is 0 Å². The molecule has 2 rings (SSSR count). The van der Waals surface area contributed by atoms with Gasteiger partial charge in [-0.05, 0) is 43.2 Å². The van der Waals surface area contributed by atoms with Crippen LogP contribution >= 0.6 is 15.9 Å². The Hall–Kier alpha value is -0.810. The Kier molecular flexibility index (Phi) is 4.23. The standard InChI is InChI=1S/C15H18BrN/c1-11(10-17)12-6-2-3-7-13(12)14-8-4-5-9-15(14)16/h4-5,8-9,11-13H,2-3,6-7H2,1H3. The largest absolute Gasteiger partial charge is 0.198 e. The number of hydrogen-bond acceptors (Lipinski definition) is 1. The Bertz CT molecular complexity index is 421. The van der Waals surface area contributed by atoms with Gasteiger partial charge in [0.15, 0.2) is 0 Å². The van der Waals surface area contributed by atoms with E-state index in [0.717, 1.165) is 0 Å². The fourth-order valence-corrected chi connectivity index (χ4v) is 3.59. The zero-order chi connectivity index (χ0) is 12.3. The van der Waals surface area contributed by atoms with Gasteiger partial charge < -0.3 is 0 Å². The summed E-state index contributed by atoms with van der Waals surface area (Å²) >= 11 is 3.65. The van der Waals surface area contributed by atoms with Gasteiger partial charge in [-0.1, -0.05) is 47.0 Å². The van der Waals surface area contributed by atoms with Crippen molar-refractivity contribution in [2.45, 2.75) is 38.5 Å². The van der Waals surface area contributed by atoms with Crippen LogP contribution in [0, 0.1) is 23.2 Å². The highest BCUT2D eigenvalue weighted by molar-refractivity contribution is 9.10. The molecule has 1 aliphatic carbocycles. The predicted octanol–water partition coefficient (Wildman–Crippen LogP) is 4.88. The Morgan fingerprint density at radius 2 is 2.00 bits per heavy atom. The molecule has 1 nitrogen and oxygen atoms in total.